The standard InChI is InChI=1S/C19H23N5O2/c1-12(2)23-14(4)16(13(3)21-23)11-20-19(26)17-10-18(25)24(22-17)15-8-6-5-7-9-15/h5-10,12,22H,11H2,1-4H3,(H,20,26). The summed E-state index contributed by atoms with van der Waals surface area (Å²) >= 11 is 0. The number of aryl methyl sites for hydroxylation is 1. The number of carbonyl (C=O) groups is 1. The van der Waals surface area contributed by atoms with Gasteiger partial charge >= 0.3 is 0 Å². The van der Waals surface area contributed by atoms with Gasteiger partial charge in [0.05, 0.1) is 11.4 Å². The van der Waals surface area contributed by atoms with Crippen LogP contribution < -0.4 is 10.9 Å². The number of benzene rings is 1. The zero-order valence-electron chi connectivity index (χ0n) is 15.4. The van der Waals surface area contributed by atoms with Gasteiger partial charge in [0.15, 0.2) is 0 Å². The molecule has 0 saturated heterocycles. The Hall–Kier alpha value is -3.09. The maximum Gasteiger partial charge on any atom is 0.271 e. The number of para-hydroxylation sites is 1. The molecule has 1 aromatic carbocycles. The quantitative estimate of drug-likeness (QED) is 0.739. The van der Waals surface area contributed by atoms with E-state index in [-0.39, 0.29) is 23.2 Å². The summed E-state index contributed by atoms with van der Waals surface area (Å²) in [6.07, 6.45) is 0. The maximum absolute atomic E-state index is 12.5. The Bertz CT molecular complexity index is 979. The van der Waals surface area contributed by atoms with E-state index < -0.39 is 0 Å². The molecule has 0 bridgehead atoms. The zero-order valence-corrected chi connectivity index (χ0v) is 15.4. The molecule has 0 aliphatic carbocycles. The molecule has 0 aliphatic rings. The van der Waals surface area contributed by atoms with E-state index in [1.807, 2.05) is 36.7 Å². The van der Waals surface area contributed by atoms with Crippen molar-refractivity contribution in [2.24, 2.45) is 0 Å². The molecule has 3 rings (SSSR count). The van der Waals surface area contributed by atoms with Gasteiger partial charge in [-0.25, -0.2) is 4.68 Å². The van der Waals surface area contributed by atoms with Crippen molar-refractivity contribution in [2.75, 3.05) is 0 Å². The highest BCUT2D eigenvalue weighted by atomic mass is 16.2. The third-order valence-electron chi connectivity index (χ3n) is 4.37. The Morgan fingerprint density at radius 3 is 2.54 bits per heavy atom. The number of hydrogen-bond acceptors (Lipinski definition) is 3. The number of nitrogens with one attached hydrogen (secondary N) is 2. The van der Waals surface area contributed by atoms with Crippen molar-refractivity contribution in [3.8, 4) is 5.69 Å². The van der Waals surface area contributed by atoms with Crippen LogP contribution in [0.2, 0.25) is 0 Å². The Kier molecular flexibility index (Phi) is 4.79. The first-order valence-corrected chi connectivity index (χ1v) is 8.58. The number of hydrogen-bond donors (Lipinski definition) is 2. The number of aromatic nitrogens is 4. The highest BCUT2D eigenvalue weighted by Gasteiger charge is 2.16. The Balaban J connectivity index is 1.77. The average Bonchev–Trinajstić information content (AvgIpc) is 3.14. The van der Waals surface area contributed by atoms with Crippen molar-refractivity contribution < 1.29 is 4.79 Å². The van der Waals surface area contributed by atoms with Crippen LogP contribution in [0.4, 0.5) is 0 Å². The topological polar surface area (TPSA) is 84.7 Å². The molecule has 0 atom stereocenters. The summed E-state index contributed by atoms with van der Waals surface area (Å²) in [5, 5.41) is 10.2. The summed E-state index contributed by atoms with van der Waals surface area (Å²) in [5.41, 5.74) is 3.56. The normalized spacial score (nSPS) is 11.1. The molecule has 1 amide bonds. The third kappa shape index (κ3) is 3.33. The van der Waals surface area contributed by atoms with Crippen LogP contribution >= 0.6 is 0 Å². The fourth-order valence-corrected chi connectivity index (χ4v) is 3.00. The molecule has 136 valence electrons. The van der Waals surface area contributed by atoms with Crippen molar-refractivity contribution in [3.05, 3.63) is 69.4 Å². The summed E-state index contributed by atoms with van der Waals surface area (Å²) < 4.78 is 3.30. The Morgan fingerprint density at radius 1 is 1.23 bits per heavy atom. The Labute approximate surface area is 151 Å². The molecule has 0 spiro atoms. The van der Waals surface area contributed by atoms with Gasteiger partial charge in [0, 0.05) is 29.9 Å². The van der Waals surface area contributed by atoms with Gasteiger partial charge in [-0.2, -0.15) is 5.10 Å². The van der Waals surface area contributed by atoms with E-state index in [4.69, 9.17) is 0 Å². The minimum Gasteiger partial charge on any atom is -0.347 e. The van der Waals surface area contributed by atoms with Crippen molar-refractivity contribution in [1.29, 1.82) is 0 Å². The third-order valence-corrected chi connectivity index (χ3v) is 4.37. The predicted octanol–water partition coefficient (Wildman–Crippen LogP) is 2.49. The SMILES string of the molecule is Cc1nn(C(C)C)c(C)c1CNC(=O)c1cc(=O)n(-c2ccccc2)[nH]1. The largest absolute Gasteiger partial charge is 0.347 e. The second-order valence-electron chi connectivity index (χ2n) is 6.55. The zero-order chi connectivity index (χ0) is 18.8. The van der Waals surface area contributed by atoms with E-state index in [9.17, 15) is 9.59 Å². The van der Waals surface area contributed by atoms with Gasteiger partial charge in [-0.05, 0) is 39.8 Å². The van der Waals surface area contributed by atoms with Crippen LogP contribution in [0.25, 0.3) is 5.69 Å². The fourth-order valence-electron chi connectivity index (χ4n) is 3.00. The highest BCUT2D eigenvalue weighted by Crippen LogP contribution is 2.17. The monoisotopic (exact) mass is 353 g/mol. The lowest BCUT2D eigenvalue weighted by Gasteiger charge is -2.09. The van der Waals surface area contributed by atoms with Gasteiger partial charge in [0.2, 0.25) is 0 Å². The molecule has 2 N–H and O–H groups in total. The number of nitrogens with zero attached hydrogens (tertiary/aromatic N) is 3. The van der Waals surface area contributed by atoms with E-state index >= 15 is 0 Å². The molecule has 0 unspecified atom stereocenters. The summed E-state index contributed by atoms with van der Waals surface area (Å²) in [5.74, 6) is -0.326. The molecule has 26 heavy (non-hydrogen) atoms. The van der Waals surface area contributed by atoms with Crippen molar-refractivity contribution in [3.63, 3.8) is 0 Å². The van der Waals surface area contributed by atoms with Crippen LogP contribution in [0.1, 0.15) is 47.3 Å². The molecule has 0 radical (unpaired) electrons. The number of H-pyrrole nitrogens is 1. The van der Waals surface area contributed by atoms with Crippen molar-refractivity contribution >= 4 is 5.91 Å². The lowest BCUT2D eigenvalue weighted by molar-refractivity contribution is 0.0945. The fraction of sp³-hybridized carbons (Fsp3) is 0.316. The predicted molar refractivity (Wildman–Crippen MR) is 99.6 cm³/mol. The van der Waals surface area contributed by atoms with Gasteiger partial charge in [-0.1, -0.05) is 18.2 Å². The first-order chi connectivity index (χ1) is 12.4. The molecule has 0 fully saturated rings. The minimum absolute atomic E-state index is 0.227. The minimum atomic E-state index is -0.326. The number of rotatable bonds is 5. The first kappa shape index (κ1) is 17.7. The van der Waals surface area contributed by atoms with Gasteiger partial charge in [-0.15, -0.1) is 0 Å². The maximum atomic E-state index is 12.5. The number of aromatic amines is 1. The van der Waals surface area contributed by atoms with Crippen LogP contribution in [0, 0.1) is 13.8 Å². The van der Waals surface area contributed by atoms with E-state index in [2.05, 4.69) is 29.4 Å². The summed E-state index contributed by atoms with van der Waals surface area (Å²) in [4.78, 5) is 24.6. The van der Waals surface area contributed by atoms with E-state index in [0.29, 0.717) is 12.2 Å². The molecule has 3 aromatic rings. The van der Waals surface area contributed by atoms with Gasteiger partial charge in [0.25, 0.3) is 11.5 Å². The van der Waals surface area contributed by atoms with E-state index in [1.165, 1.54) is 10.7 Å². The lowest BCUT2D eigenvalue weighted by Crippen LogP contribution is -2.24. The molecule has 7 heteroatoms. The first-order valence-electron chi connectivity index (χ1n) is 8.58. The average molecular weight is 353 g/mol. The summed E-state index contributed by atoms with van der Waals surface area (Å²) in [6.45, 7) is 8.43. The number of carbonyl (C=O) groups excluding carboxylic acids is 1. The van der Waals surface area contributed by atoms with Gasteiger partial charge in [-0.3, -0.25) is 19.4 Å². The highest BCUT2D eigenvalue weighted by molar-refractivity contribution is 5.92. The molecular weight excluding hydrogens is 330 g/mol. The van der Waals surface area contributed by atoms with Crippen LogP contribution in [0.15, 0.2) is 41.2 Å². The smallest absolute Gasteiger partial charge is 0.271 e. The summed E-state index contributed by atoms with van der Waals surface area (Å²) in [6, 6.07) is 10.7. The molecule has 2 heterocycles. The number of amides is 1. The van der Waals surface area contributed by atoms with Crippen LogP contribution in [0.5, 0.6) is 0 Å². The molecule has 7 nitrogen and oxygen atoms in total. The molecule has 2 aromatic heterocycles. The van der Waals surface area contributed by atoms with Crippen molar-refractivity contribution in [2.45, 2.75) is 40.3 Å². The van der Waals surface area contributed by atoms with Gasteiger partial charge < -0.3 is 5.32 Å². The van der Waals surface area contributed by atoms with E-state index in [1.54, 1.807) is 12.1 Å². The van der Waals surface area contributed by atoms with Gasteiger partial charge in [0.1, 0.15) is 5.69 Å². The summed E-state index contributed by atoms with van der Waals surface area (Å²) in [7, 11) is 0. The van der Waals surface area contributed by atoms with Crippen LogP contribution in [0.3, 0.4) is 0 Å². The second-order valence-corrected chi connectivity index (χ2v) is 6.55. The molecular formula is C19H23N5O2. The van der Waals surface area contributed by atoms with E-state index in [0.717, 1.165) is 17.0 Å². The molecule has 0 aliphatic heterocycles. The van der Waals surface area contributed by atoms with Crippen LogP contribution in [-0.2, 0) is 6.54 Å². The van der Waals surface area contributed by atoms with Crippen LogP contribution in [-0.4, -0.2) is 25.5 Å². The molecule has 0 saturated carbocycles. The van der Waals surface area contributed by atoms with Crippen molar-refractivity contribution in [1.82, 2.24) is 24.9 Å². The second kappa shape index (κ2) is 7.03. The Morgan fingerprint density at radius 2 is 1.92 bits per heavy atom. The lowest BCUT2D eigenvalue weighted by atomic mass is 10.2.